The first kappa shape index (κ1) is 17.2. The Morgan fingerprint density at radius 1 is 0.857 bits per heavy atom. The van der Waals surface area contributed by atoms with Gasteiger partial charge in [-0.2, -0.15) is 0 Å². The molecule has 0 aliphatic heterocycles. The van der Waals surface area contributed by atoms with Crippen molar-refractivity contribution in [3.05, 3.63) is 0 Å². The lowest BCUT2D eigenvalue weighted by Gasteiger charge is -2.27. The Kier molecular flexibility index (Phi) is 7.48. The molecule has 0 bridgehead atoms. The summed E-state index contributed by atoms with van der Waals surface area (Å²) in [7, 11) is 3.68. The Morgan fingerprint density at radius 2 is 1.57 bits per heavy atom. The Balaban J connectivity index is 1.74. The first-order valence-electron chi connectivity index (χ1n) is 8.91. The fourth-order valence-corrected chi connectivity index (χ4v) is 4.10. The quantitative estimate of drug-likeness (QED) is 0.688. The normalized spacial score (nSPS) is 35.6. The fraction of sp³-hybridized carbons (Fsp3) is 1.00. The molecule has 0 saturated heterocycles. The van der Waals surface area contributed by atoms with E-state index in [1.54, 1.807) is 0 Å². The van der Waals surface area contributed by atoms with E-state index in [2.05, 4.69) is 6.92 Å². The van der Waals surface area contributed by atoms with Crippen LogP contribution in [0.1, 0.15) is 64.7 Å². The van der Waals surface area contributed by atoms with Crippen molar-refractivity contribution < 1.29 is 14.2 Å². The van der Waals surface area contributed by atoms with E-state index in [0.717, 1.165) is 25.4 Å². The van der Waals surface area contributed by atoms with Crippen molar-refractivity contribution in [3.8, 4) is 0 Å². The summed E-state index contributed by atoms with van der Waals surface area (Å²) in [6.07, 6.45) is 12.6. The monoisotopic (exact) mass is 298 g/mol. The molecule has 2 aliphatic carbocycles. The van der Waals surface area contributed by atoms with E-state index in [-0.39, 0.29) is 0 Å². The van der Waals surface area contributed by atoms with Gasteiger partial charge in [0.05, 0.1) is 18.3 Å². The van der Waals surface area contributed by atoms with Crippen molar-refractivity contribution in [1.29, 1.82) is 0 Å². The first-order valence-corrected chi connectivity index (χ1v) is 8.91. The topological polar surface area (TPSA) is 27.7 Å². The van der Waals surface area contributed by atoms with Crippen LogP contribution in [0.15, 0.2) is 0 Å². The maximum absolute atomic E-state index is 6.10. The molecular weight excluding hydrogens is 264 g/mol. The zero-order chi connectivity index (χ0) is 15.1. The van der Waals surface area contributed by atoms with E-state index >= 15 is 0 Å². The van der Waals surface area contributed by atoms with Crippen LogP contribution in [0.4, 0.5) is 0 Å². The number of hydrogen-bond donors (Lipinski definition) is 0. The number of methoxy groups -OCH3 is 2. The lowest BCUT2D eigenvalue weighted by Crippen LogP contribution is -2.30. The largest absolute Gasteiger partial charge is 0.381 e. The summed E-state index contributed by atoms with van der Waals surface area (Å²) in [5.74, 6) is 1.21. The third-order valence-electron chi connectivity index (χ3n) is 5.64. The Labute approximate surface area is 130 Å². The lowest BCUT2D eigenvalue weighted by atomic mass is 9.93. The molecule has 0 heterocycles. The van der Waals surface area contributed by atoms with Crippen LogP contribution in [-0.4, -0.2) is 39.1 Å². The van der Waals surface area contributed by atoms with Crippen molar-refractivity contribution in [2.45, 2.75) is 83.0 Å². The molecule has 124 valence electrons. The Hall–Kier alpha value is -0.120. The standard InChI is InChI=1S/C18H34O3/c1-14-17(19-2)10-9-15(13-18(14)20-3)11-12-21-16-7-5-4-6-8-16/h14-18H,4-13H2,1-3H3. The molecule has 0 spiro atoms. The van der Waals surface area contributed by atoms with E-state index < -0.39 is 0 Å². The highest BCUT2D eigenvalue weighted by Crippen LogP contribution is 2.33. The molecule has 0 N–H and O–H groups in total. The fourth-order valence-electron chi connectivity index (χ4n) is 4.10. The summed E-state index contributed by atoms with van der Waals surface area (Å²) in [5, 5.41) is 0. The smallest absolute Gasteiger partial charge is 0.0624 e. The molecule has 4 unspecified atom stereocenters. The second kappa shape index (κ2) is 9.12. The molecule has 21 heavy (non-hydrogen) atoms. The zero-order valence-corrected chi connectivity index (χ0v) is 14.2. The van der Waals surface area contributed by atoms with Crippen molar-refractivity contribution in [2.75, 3.05) is 20.8 Å². The number of hydrogen-bond acceptors (Lipinski definition) is 3. The minimum atomic E-state index is 0.331. The predicted octanol–water partition coefficient (Wildman–Crippen LogP) is 4.19. The van der Waals surface area contributed by atoms with Gasteiger partial charge in [-0.15, -0.1) is 0 Å². The van der Waals surface area contributed by atoms with E-state index in [1.807, 2.05) is 14.2 Å². The predicted molar refractivity (Wildman–Crippen MR) is 85.5 cm³/mol. The third-order valence-corrected chi connectivity index (χ3v) is 5.64. The molecule has 0 radical (unpaired) electrons. The van der Waals surface area contributed by atoms with Gasteiger partial charge in [-0.1, -0.05) is 26.2 Å². The van der Waals surface area contributed by atoms with E-state index in [4.69, 9.17) is 14.2 Å². The average Bonchev–Trinajstić information content (AvgIpc) is 2.67. The minimum absolute atomic E-state index is 0.331. The highest BCUT2D eigenvalue weighted by molar-refractivity contribution is 4.82. The van der Waals surface area contributed by atoms with Gasteiger partial charge in [-0.25, -0.2) is 0 Å². The summed E-state index contributed by atoms with van der Waals surface area (Å²) >= 11 is 0. The van der Waals surface area contributed by atoms with E-state index in [0.29, 0.717) is 24.2 Å². The van der Waals surface area contributed by atoms with Gasteiger partial charge in [-0.3, -0.25) is 0 Å². The van der Waals surface area contributed by atoms with Crippen LogP contribution in [-0.2, 0) is 14.2 Å². The van der Waals surface area contributed by atoms with Crippen molar-refractivity contribution in [1.82, 2.24) is 0 Å². The Bertz CT molecular complexity index is 276. The van der Waals surface area contributed by atoms with Crippen molar-refractivity contribution >= 4 is 0 Å². The van der Waals surface area contributed by atoms with Crippen LogP contribution in [0.3, 0.4) is 0 Å². The van der Waals surface area contributed by atoms with Gasteiger partial charge in [0.15, 0.2) is 0 Å². The average molecular weight is 298 g/mol. The van der Waals surface area contributed by atoms with Gasteiger partial charge in [0, 0.05) is 26.7 Å². The van der Waals surface area contributed by atoms with Crippen LogP contribution < -0.4 is 0 Å². The van der Waals surface area contributed by atoms with Crippen LogP contribution in [0.2, 0.25) is 0 Å². The summed E-state index contributed by atoms with van der Waals surface area (Å²) in [6.45, 7) is 3.20. The molecule has 0 aromatic carbocycles. The SMILES string of the molecule is COC1CCC(CCOC2CCCCC2)CC(OC)C1C. The highest BCUT2D eigenvalue weighted by Gasteiger charge is 2.32. The number of rotatable bonds is 6. The van der Waals surface area contributed by atoms with Crippen LogP contribution in [0, 0.1) is 11.8 Å². The van der Waals surface area contributed by atoms with Crippen LogP contribution >= 0.6 is 0 Å². The molecule has 4 atom stereocenters. The van der Waals surface area contributed by atoms with Crippen LogP contribution in [0.5, 0.6) is 0 Å². The molecule has 0 amide bonds. The number of ether oxygens (including phenoxy) is 3. The molecule has 3 heteroatoms. The molecule has 3 nitrogen and oxygen atoms in total. The second-order valence-electron chi connectivity index (χ2n) is 7.01. The molecule has 2 aliphatic rings. The lowest BCUT2D eigenvalue weighted by molar-refractivity contribution is -0.0253. The van der Waals surface area contributed by atoms with E-state index in [9.17, 15) is 0 Å². The van der Waals surface area contributed by atoms with Crippen molar-refractivity contribution in [2.24, 2.45) is 11.8 Å². The molecule has 0 aromatic rings. The molecule has 2 rings (SSSR count). The summed E-state index contributed by atoms with van der Waals surface area (Å²) in [4.78, 5) is 0. The van der Waals surface area contributed by atoms with Crippen LogP contribution in [0.25, 0.3) is 0 Å². The van der Waals surface area contributed by atoms with Gasteiger partial charge < -0.3 is 14.2 Å². The maximum Gasteiger partial charge on any atom is 0.0624 e. The third kappa shape index (κ3) is 5.22. The summed E-state index contributed by atoms with van der Waals surface area (Å²) < 4.78 is 17.5. The van der Waals surface area contributed by atoms with Gasteiger partial charge in [0.2, 0.25) is 0 Å². The Morgan fingerprint density at radius 3 is 2.24 bits per heavy atom. The van der Waals surface area contributed by atoms with Gasteiger partial charge in [-0.05, 0) is 44.4 Å². The maximum atomic E-state index is 6.10. The second-order valence-corrected chi connectivity index (χ2v) is 7.01. The minimum Gasteiger partial charge on any atom is -0.381 e. The summed E-state index contributed by atoms with van der Waals surface area (Å²) in [6, 6.07) is 0. The summed E-state index contributed by atoms with van der Waals surface area (Å²) in [5.41, 5.74) is 0. The van der Waals surface area contributed by atoms with Crippen molar-refractivity contribution in [3.63, 3.8) is 0 Å². The van der Waals surface area contributed by atoms with Gasteiger partial charge in [0.25, 0.3) is 0 Å². The zero-order valence-electron chi connectivity index (χ0n) is 14.2. The molecule has 2 saturated carbocycles. The molecular formula is C18H34O3. The van der Waals surface area contributed by atoms with Gasteiger partial charge >= 0.3 is 0 Å². The molecule has 0 aromatic heterocycles. The first-order chi connectivity index (χ1) is 10.2. The van der Waals surface area contributed by atoms with E-state index in [1.165, 1.54) is 44.9 Å². The van der Waals surface area contributed by atoms with Gasteiger partial charge in [0.1, 0.15) is 0 Å². The molecule has 2 fully saturated rings. The highest BCUT2D eigenvalue weighted by atomic mass is 16.5.